The predicted octanol–water partition coefficient (Wildman–Crippen LogP) is 4.15. The molecule has 30 heavy (non-hydrogen) atoms. The van der Waals surface area contributed by atoms with Crippen LogP contribution in [0.4, 0.5) is 0 Å². The summed E-state index contributed by atoms with van der Waals surface area (Å²) in [4.78, 5) is 14.9. The number of hydrogen-bond donors (Lipinski definition) is 0. The van der Waals surface area contributed by atoms with Gasteiger partial charge in [-0.05, 0) is 42.7 Å². The fraction of sp³-hybridized carbons (Fsp3) is 0.381. The van der Waals surface area contributed by atoms with Crippen LogP contribution in [0.15, 0.2) is 42.5 Å². The molecule has 2 aromatic carbocycles. The maximum atomic E-state index is 13.2. The number of likely N-dealkylation sites (tertiary alicyclic amines) is 1. The SMILES string of the molecule is COc1ccccc1C(=O)N1CCC(CCOS(C)(=O)=O)(c2ccc(Cl)c(Cl)c2)C1. The van der Waals surface area contributed by atoms with Crippen LogP contribution in [-0.4, -0.2) is 52.3 Å². The van der Waals surface area contributed by atoms with E-state index >= 15 is 0 Å². The average Bonchev–Trinajstić information content (AvgIpc) is 3.14. The summed E-state index contributed by atoms with van der Waals surface area (Å²) in [6.07, 6.45) is 2.07. The molecule has 1 unspecified atom stereocenters. The first kappa shape index (κ1) is 22.9. The Labute approximate surface area is 186 Å². The molecule has 3 rings (SSSR count). The van der Waals surface area contributed by atoms with Gasteiger partial charge in [0.2, 0.25) is 0 Å². The van der Waals surface area contributed by atoms with Crippen LogP contribution in [0.25, 0.3) is 0 Å². The number of amides is 1. The molecule has 0 N–H and O–H groups in total. The Kier molecular flexibility index (Phi) is 6.97. The molecule has 1 aliphatic heterocycles. The zero-order valence-corrected chi connectivity index (χ0v) is 19.1. The molecule has 9 heteroatoms. The molecule has 0 aromatic heterocycles. The summed E-state index contributed by atoms with van der Waals surface area (Å²) in [5.74, 6) is 0.369. The van der Waals surface area contributed by atoms with Crippen LogP contribution in [0.1, 0.15) is 28.8 Å². The third kappa shape index (κ3) is 5.09. The first-order chi connectivity index (χ1) is 14.1. The van der Waals surface area contributed by atoms with Gasteiger partial charge >= 0.3 is 0 Å². The lowest BCUT2D eigenvalue weighted by molar-refractivity contribution is 0.0777. The third-order valence-corrected chi connectivity index (χ3v) is 6.72. The molecular formula is C21H23Cl2NO5S. The summed E-state index contributed by atoms with van der Waals surface area (Å²) >= 11 is 12.3. The summed E-state index contributed by atoms with van der Waals surface area (Å²) in [5, 5.41) is 0.843. The number of para-hydroxylation sites is 1. The van der Waals surface area contributed by atoms with Crippen molar-refractivity contribution in [3.8, 4) is 5.75 Å². The Balaban J connectivity index is 1.89. The van der Waals surface area contributed by atoms with E-state index in [-0.39, 0.29) is 12.5 Å². The molecule has 1 saturated heterocycles. The normalized spacial score (nSPS) is 19.1. The number of benzene rings is 2. The van der Waals surface area contributed by atoms with E-state index in [4.69, 9.17) is 32.1 Å². The number of nitrogens with zero attached hydrogens (tertiary/aromatic N) is 1. The molecule has 2 aromatic rings. The van der Waals surface area contributed by atoms with E-state index in [2.05, 4.69) is 0 Å². The van der Waals surface area contributed by atoms with Crippen molar-refractivity contribution in [3.63, 3.8) is 0 Å². The van der Waals surface area contributed by atoms with Crippen LogP contribution in [0.5, 0.6) is 5.75 Å². The van der Waals surface area contributed by atoms with E-state index in [9.17, 15) is 13.2 Å². The largest absolute Gasteiger partial charge is 0.496 e. The second-order valence-corrected chi connectivity index (χ2v) is 9.82. The van der Waals surface area contributed by atoms with E-state index in [1.807, 2.05) is 12.1 Å². The van der Waals surface area contributed by atoms with Crippen LogP contribution in [0, 0.1) is 0 Å². The van der Waals surface area contributed by atoms with Crippen molar-refractivity contribution in [1.29, 1.82) is 0 Å². The molecule has 1 atom stereocenters. The minimum Gasteiger partial charge on any atom is -0.496 e. The van der Waals surface area contributed by atoms with Gasteiger partial charge in [-0.1, -0.05) is 41.4 Å². The maximum absolute atomic E-state index is 13.2. The number of rotatable bonds is 7. The van der Waals surface area contributed by atoms with Gasteiger partial charge in [-0.15, -0.1) is 0 Å². The van der Waals surface area contributed by atoms with Gasteiger partial charge in [0.15, 0.2) is 0 Å². The van der Waals surface area contributed by atoms with Gasteiger partial charge in [0, 0.05) is 18.5 Å². The van der Waals surface area contributed by atoms with Crippen LogP contribution >= 0.6 is 23.2 Å². The monoisotopic (exact) mass is 471 g/mol. The number of methoxy groups -OCH3 is 1. The Morgan fingerprint density at radius 2 is 1.90 bits per heavy atom. The number of hydrogen-bond acceptors (Lipinski definition) is 5. The van der Waals surface area contributed by atoms with Crippen molar-refractivity contribution in [1.82, 2.24) is 4.90 Å². The highest BCUT2D eigenvalue weighted by Gasteiger charge is 2.42. The Morgan fingerprint density at radius 3 is 2.57 bits per heavy atom. The van der Waals surface area contributed by atoms with Crippen molar-refractivity contribution in [2.75, 3.05) is 33.1 Å². The topological polar surface area (TPSA) is 72.9 Å². The van der Waals surface area contributed by atoms with E-state index in [1.165, 1.54) is 7.11 Å². The molecule has 0 radical (unpaired) electrons. The van der Waals surface area contributed by atoms with Gasteiger partial charge in [-0.25, -0.2) is 0 Å². The van der Waals surface area contributed by atoms with Crippen LogP contribution in [-0.2, 0) is 19.7 Å². The molecule has 0 aliphatic carbocycles. The zero-order valence-electron chi connectivity index (χ0n) is 16.7. The number of ether oxygens (including phenoxy) is 1. The number of carbonyl (C=O) groups excluding carboxylic acids is 1. The highest BCUT2D eigenvalue weighted by molar-refractivity contribution is 7.85. The number of halogens is 2. The van der Waals surface area contributed by atoms with Crippen LogP contribution in [0.3, 0.4) is 0 Å². The fourth-order valence-corrected chi connectivity index (χ4v) is 4.52. The van der Waals surface area contributed by atoms with Gasteiger partial charge in [0.05, 0.1) is 35.6 Å². The summed E-state index contributed by atoms with van der Waals surface area (Å²) in [6.45, 7) is 0.917. The van der Waals surface area contributed by atoms with Crippen molar-refractivity contribution in [3.05, 3.63) is 63.6 Å². The third-order valence-electron chi connectivity index (χ3n) is 5.39. The molecule has 1 fully saturated rings. The molecule has 0 bridgehead atoms. The van der Waals surface area contributed by atoms with E-state index in [0.29, 0.717) is 47.3 Å². The van der Waals surface area contributed by atoms with Gasteiger partial charge in [-0.3, -0.25) is 8.98 Å². The quantitative estimate of drug-likeness (QED) is 0.566. The lowest BCUT2D eigenvalue weighted by atomic mass is 9.77. The van der Waals surface area contributed by atoms with Gasteiger partial charge < -0.3 is 9.64 Å². The Hall–Kier alpha value is -1.80. The van der Waals surface area contributed by atoms with Crippen LogP contribution in [0.2, 0.25) is 10.0 Å². The standard InChI is InChI=1S/C21H23Cl2NO5S/c1-28-19-6-4-3-5-16(19)20(25)24-11-9-21(14-24,10-12-29-30(2,26)27)15-7-8-17(22)18(23)13-15/h3-8,13H,9-12,14H2,1-2H3. The van der Waals surface area contributed by atoms with Crippen molar-refractivity contribution >= 4 is 39.2 Å². The van der Waals surface area contributed by atoms with Crippen molar-refractivity contribution in [2.24, 2.45) is 0 Å². The molecule has 6 nitrogen and oxygen atoms in total. The van der Waals surface area contributed by atoms with E-state index in [1.54, 1.807) is 35.2 Å². The first-order valence-electron chi connectivity index (χ1n) is 9.37. The Bertz CT molecular complexity index is 1040. The highest BCUT2D eigenvalue weighted by Crippen LogP contribution is 2.41. The van der Waals surface area contributed by atoms with Gasteiger partial charge in [0.25, 0.3) is 16.0 Å². The lowest BCUT2D eigenvalue weighted by Crippen LogP contribution is -2.35. The van der Waals surface area contributed by atoms with E-state index < -0.39 is 15.5 Å². The summed E-state index contributed by atoms with van der Waals surface area (Å²) in [7, 11) is -2.04. The summed E-state index contributed by atoms with van der Waals surface area (Å²) in [5.41, 5.74) is 0.873. The second-order valence-electron chi connectivity index (χ2n) is 7.36. The average molecular weight is 472 g/mol. The van der Waals surface area contributed by atoms with Crippen LogP contribution < -0.4 is 4.74 Å². The predicted molar refractivity (Wildman–Crippen MR) is 117 cm³/mol. The molecule has 1 aliphatic rings. The van der Waals surface area contributed by atoms with E-state index in [0.717, 1.165) is 11.8 Å². The molecule has 162 valence electrons. The fourth-order valence-electron chi connectivity index (χ4n) is 3.84. The molecule has 0 spiro atoms. The first-order valence-corrected chi connectivity index (χ1v) is 11.9. The minimum absolute atomic E-state index is 0.00969. The Morgan fingerprint density at radius 1 is 1.17 bits per heavy atom. The highest BCUT2D eigenvalue weighted by atomic mass is 35.5. The second kappa shape index (κ2) is 9.14. The van der Waals surface area contributed by atoms with Gasteiger partial charge in [0.1, 0.15) is 5.75 Å². The molecule has 1 amide bonds. The summed E-state index contributed by atoms with van der Waals surface area (Å²) in [6, 6.07) is 12.4. The maximum Gasteiger partial charge on any atom is 0.264 e. The van der Waals surface area contributed by atoms with Gasteiger partial charge in [-0.2, -0.15) is 8.42 Å². The van der Waals surface area contributed by atoms with Crippen molar-refractivity contribution in [2.45, 2.75) is 18.3 Å². The summed E-state index contributed by atoms with van der Waals surface area (Å²) < 4.78 is 33.2. The minimum atomic E-state index is -3.57. The molecular weight excluding hydrogens is 449 g/mol. The number of carbonyl (C=O) groups is 1. The van der Waals surface area contributed by atoms with Crippen molar-refractivity contribution < 1.29 is 22.1 Å². The molecule has 1 heterocycles. The zero-order chi connectivity index (χ0) is 21.9. The molecule has 0 saturated carbocycles. The lowest BCUT2D eigenvalue weighted by Gasteiger charge is -2.30. The smallest absolute Gasteiger partial charge is 0.264 e.